The highest BCUT2D eigenvalue weighted by molar-refractivity contribution is 6.31. The standard InChI is InChI=1S/C20H22ClFN6O/c1-13-19(21)14(2)28(25-13)20-23-12-16(24-20)11-18(29)27-9-7-26(8-10-27)17-5-3-15(22)4-6-17/h3-6,12H,7-11H2,1-2H3,(H,23,24). The molecule has 3 heterocycles. The number of H-pyrrole nitrogens is 1. The lowest BCUT2D eigenvalue weighted by atomic mass is 10.2. The molecular weight excluding hydrogens is 395 g/mol. The highest BCUT2D eigenvalue weighted by Gasteiger charge is 2.22. The van der Waals surface area contributed by atoms with Gasteiger partial charge in [0, 0.05) is 38.1 Å². The number of imidazole rings is 1. The topological polar surface area (TPSA) is 70.1 Å². The quantitative estimate of drug-likeness (QED) is 0.710. The predicted molar refractivity (Wildman–Crippen MR) is 109 cm³/mol. The highest BCUT2D eigenvalue weighted by atomic mass is 35.5. The first-order chi connectivity index (χ1) is 13.9. The number of benzene rings is 1. The van der Waals surface area contributed by atoms with E-state index in [2.05, 4.69) is 20.0 Å². The molecule has 0 aliphatic carbocycles. The van der Waals surface area contributed by atoms with Gasteiger partial charge in [-0.3, -0.25) is 4.79 Å². The molecule has 2 aromatic heterocycles. The van der Waals surface area contributed by atoms with E-state index in [4.69, 9.17) is 11.6 Å². The maximum Gasteiger partial charge on any atom is 0.228 e. The Bertz CT molecular complexity index is 1020. The minimum atomic E-state index is -0.247. The maximum atomic E-state index is 13.1. The van der Waals surface area contributed by atoms with Gasteiger partial charge in [-0.05, 0) is 38.1 Å². The van der Waals surface area contributed by atoms with Gasteiger partial charge in [0.1, 0.15) is 5.82 Å². The van der Waals surface area contributed by atoms with Crippen LogP contribution in [0, 0.1) is 19.7 Å². The predicted octanol–water partition coefficient (Wildman–Crippen LogP) is 2.90. The van der Waals surface area contributed by atoms with Gasteiger partial charge in [0.05, 0.1) is 28.5 Å². The minimum Gasteiger partial charge on any atom is -0.368 e. The van der Waals surface area contributed by atoms with Crippen molar-refractivity contribution in [2.75, 3.05) is 31.1 Å². The molecule has 0 spiro atoms. The number of amides is 1. The number of aromatic nitrogens is 4. The highest BCUT2D eigenvalue weighted by Crippen LogP contribution is 2.21. The third kappa shape index (κ3) is 3.98. The Balaban J connectivity index is 1.36. The Kier molecular flexibility index (Phi) is 5.27. The summed E-state index contributed by atoms with van der Waals surface area (Å²) in [6.07, 6.45) is 1.95. The number of anilines is 1. The Hall–Kier alpha value is -2.87. The van der Waals surface area contributed by atoms with Crippen LogP contribution in [0.25, 0.3) is 5.95 Å². The number of rotatable bonds is 4. The fourth-order valence-electron chi connectivity index (χ4n) is 3.51. The van der Waals surface area contributed by atoms with Gasteiger partial charge in [0.15, 0.2) is 0 Å². The third-order valence-electron chi connectivity index (χ3n) is 5.18. The van der Waals surface area contributed by atoms with Gasteiger partial charge in [0.25, 0.3) is 0 Å². The lowest BCUT2D eigenvalue weighted by Crippen LogP contribution is -2.49. The first-order valence-corrected chi connectivity index (χ1v) is 9.85. The zero-order valence-corrected chi connectivity index (χ0v) is 17.1. The number of nitrogens with zero attached hydrogens (tertiary/aromatic N) is 5. The molecule has 0 saturated carbocycles. The summed E-state index contributed by atoms with van der Waals surface area (Å²) >= 11 is 6.20. The van der Waals surface area contributed by atoms with Crippen LogP contribution in [0.4, 0.5) is 10.1 Å². The average molecular weight is 417 g/mol. The molecule has 1 aliphatic heterocycles. The smallest absolute Gasteiger partial charge is 0.228 e. The monoisotopic (exact) mass is 416 g/mol. The van der Waals surface area contributed by atoms with Crippen molar-refractivity contribution in [2.24, 2.45) is 0 Å². The summed E-state index contributed by atoms with van der Waals surface area (Å²) in [5.41, 5.74) is 3.17. The van der Waals surface area contributed by atoms with Crippen LogP contribution in [0.5, 0.6) is 0 Å². The largest absolute Gasteiger partial charge is 0.368 e. The molecule has 1 fully saturated rings. The van der Waals surface area contributed by atoms with E-state index in [9.17, 15) is 9.18 Å². The van der Waals surface area contributed by atoms with Crippen LogP contribution < -0.4 is 4.90 Å². The molecule has 9 heteroatoms. The Morgan fingerprint density at radius 1 is 1.17 bits per heavy atom. The molecule has 1 aliphatic rings. The molecule has 0 radical (unpaired) electrons. The minimum absolute atomic E-state index is 0.0354. The lowest BCUT2D eigenvalue weighted by molar-refractivity contribution is -0.130. The van der Waals surface area contributed by atoms with Crippen molar-refractivity contribution in [1.82, 2.24) is 24.6 Å². The number of aryl methyl sites for hydroxylation is 1. The van der Waals surface area contributed by atoms with E-state index in [-0.39, 0.29) is 18.1 Å². The molecule has 1 saturated heterocycles. The number of hydrogen-bond acceptors (Lipinski definition) is 4. The first-order valence-electron chi connectivity index (χ1n) is 9.47. The molecule has 7 nitrogen and oxygen atoms in total. The van der Waals surface area contributed by atoms with Gasteiger partial charge in [-0.2, -0.15) is 5.10 Å². The summed E-state index contributed by atoms with van der Waals surface area (Å²) in [7, 11) is 0. The van der Waals surface area contributed by atoms with Crippen molar-refractivity contribution < 1.29 is 9.18 Å². The number of piperazine rings is 1. The van der Waals surface area contributed by atoms with Crippen LogP contribution in [-0.4, -0.2) is 56.7 Å². The van der Waals surface area contributed by atoms with Gasteiger partial charge in [0.2, 0.25) is 11.9 Å². The van der Waals surface area contributed by atoms with E-state index < -0.39 is 0 Å². The Morgan fingerprint density at radius 2 is 1.86 bits per heavy atom. The number of nitrogens with one attached hydrogen (secondary N) is 1. The Morgan fingerprint density at radius 3 is 2.48 bits per heavy atom. The number of aromatic amines is 1. The summed E-state index contributed by atoms with van der Waals surface area (Å²) in [5, 5.41) is 4.98. The van der Waals surface area contributed by atoms with Crippen LogP contribution in [0.2, 0.25) is 5.02 Å². The second kappa shape index (κ2) is 7.87. The molecule has 1 aromatic carbocycles. The van der Waals surface area contributed by atoms with Crippen molar-refractivity contribution in [3.8, 4) is 5.95 Å². The van der Waals surface area contributed by atoms with Crippen LogP contribution in [0.3, 0.4) is 0 Å². The molecule has 0 bridgehead atoms. The molecule has 3 aromatic rings. The molecule has 4 rings (SSSR count). The van der Waals surface area contributed by atoms with Gasteiger partial charge in [-0.1, -0.05) is 11.6 Å². The van der Waals surface area contributed by atoms with Crippen molar-refractivity contribution in [2.45, 2.75) is 20.3 Å². The second-order valence-electron chi connectivity index (χ2n) is 7.13. The van der Waals surface area contributed by atoms with Crippen molar-refractivity contribution in [3.63, 3.8) is 0 Å². The van der Waals surface area contributed by atoms with Gasteiger partial charge in [-0.25, -0.2) is 14.1 Å². The van der Waals surface area contributed by atoms with Crippen LogP contribution in [0.15, 0.2) is 30.5 Å². The molecule has 0 unspecified atom stereocenters. The van der Waals surface area contributed by atoms with E-state index in [1.165, 1.54) is 12.1 Å². The molecule has 152 valence electrons. The van der Waals surface area contributed by atoms with Crippen LogP contribution >= 0.6 is 11.6 Å². The summed E-state index contributed by atoms with van der Waals surface area (Å²) in [5.74, 6) is 0.332. The summed E-state index contributed by atoms with van der Waals surface area (Å²) in [4.78, 5) is 24.2. The molecule has 1 N–H and O–H groups in total. The molecule has 0 atom stereocenters. The van der Waals surface area contributed by atoms with Crippen molar-refractivity contribution in [3.05, 3.63) is 58.4 Å². The average Bonchev–Trinajstić information content (AvgIpc) is 3.28. The van der Waals surface area contributed by atoms with Crippen LogP contribution in [0.1, 0.15) is 17.1 Å². The first kappa shape index (κ1) is 19.4. The SMILES string of the molecule is Cc1nn(-c2nc(CC(=O)N3CCN(c4ccc(F)cc4)CC3)c[nH]2)c(C)c1Cl. The van der Waals surface area contributed by atoms with Gasteiger partial charge < -0.3 is 14.8 Å². The van der Waals surface area contributed by atoms with E-state index >= 15 is 0 Å². The van der Waals surface area contributed by atoms with Crippen molar-refractivity contribution in [1.29, 1.82) is 0 Å². The van der Waals surface area contributed by atoms with E-state index in [1.54, 1.807) is 23.0 Å². The lowest BCUT2D eigenvalue weighted by Gasteiger charge is -2.36. The normalized spacial score (nSPS) is 14.5. The summed E-state index contributed by atoms with van der Waals surface area (Å²) in [6, 6.07) is 6.45. The van der Waals surface area contributed by atoms with Crippen LogP contribution in [-0.2, 0) is 11.2 Å². The number of carbonyl (C=O) groups excluding carboxylic acids is 1. The zero-order valence-electron chi connectivity index (χ0n) is 16.3. The summed E-state index contributed by atoms with van der Waals surface area (Å²) < 4.78 is 14.7. The maximum absolute atomic E-state index is 13.1. The number of halogens is 2. The van der Waals surface area contributed by atoms with Gasteiger partial charge in [-0.15, -0.1) is 0 Å². The number of hydrogen-bond donors (Lipinski definition) is 1. The fraction of sp³-hybridized carbons (Fsp3) is 0.350. The number of carbonyl (C=O) groups is 1. The third-order valence-corrected chi connectivity index (χ3v) is 5.72. The Labute approximate surface area is 173 Å². The molecular formula is C20H22ClFN6O. The fourth-order valence-corrected chi connectivity index (χ4v) is 3.63. The van der Waals surface area contributed by atoms with E-state index in [0.29, 0.717) is 42.8 Å². The second-order valence-corrected chi connectivity index (χ2v) is 7.51. The molecule has 29 heavy (non-hydrogen) atoms. The van der Waals surface area contributed by atoms with Crippen molar-refractivity contribution >= 4 is 23.2 Å². The van der Waals surface area contributed by atoms with E-state index in [1.807, 2.05) is 18.7 Å². The van der Waals surface area contributed by atoms with Gasteiger partial charge >= 0.3 is 0 Å². The molecule has 1 amide bonds. The van der Waals surface area contributed by atoms with E-state index in [0.717, 1.165) is 17.1 Å². The summed E-state index contributed by atoms with van der Waals surface area (Å²) in [6.45, 7) is 6.39. The zero-order chi connectivity index (χ0) is 20.5.